The number of imide groups is 1. The smallest absolute Gasteiger partial charge is 0.238 e. The van der Waals surface area contributed by atoms with Gasteiger partial charge < -0.3 is 4.98 Å². The van der Waals surface area contributed by atoms with Gasteiger partial charge in [-0.3, -0.25) is 14.5 Å². The van der Waals surface area contributed by atoms with Crippen LogP contribution in [0.15, 0.2) is 58.0 Å². The molecule has 0 radical (unpaired) electrons. The highest BCUT2D eigenvalue weighted by atomic mass is 79.9. The van der Waals surface area contributed by atoms with E-state index < -0.39 is 0 Å². The summed E-state index contributed by atoms with van der Waals surface area (Å²) in [4.78, 5) is 33.2. The highest BCUT2D eigenvalue weighted by molar-refractivity contribution is 9.10. The Hall–Kier alpha value is -1.81. The average Bonchev–Trinajstić information content (AvgIpc) is 3.54. The van der Waals surface area contributed by atoms with E-state index in [-0.39, 0.29) is 58.4 Å². The van der Waals surface area contributed by atoms with Crippen molar-refractivity contribution in [2.75, 3.05) is 4.90 Å². The van der Waals surface area contributed by atoms with Crippen molar-refractivity contribution in [3.05, 3.63) is 73.2 Å². The van der Waals surface area contributed by atoms with Gasteiger partial charge in [-0.05, 0) is 78.4 Å². The Morgan fingerprint density at radius 1 is 1.00 bits per heavy atom. The molecule has 2 aliphatic carbocycles. The first kappa shape index (κ1) is 21.5. The van der Waals surface area contributed by atoms with Crippen LogP contribution in [0.3, 0.4) is 0 Å². The first-order valence-corrected chi connectivity index (χ1v) is 14.1. The van der Waals surface area contributed by atoms with E-state index in [1.54, 1.807) is 11.3 Å². The number of hydrogen-bond donors (Lipinski definition) is 1. The Kier molecular flexibility index (Phi) is 4.79. The monoisotopic (exact) mass is 572 g/mol. The molecule has 2 aromatic carbocycles. The molecule has 9 heteroatoms. The number of rotatable bonds is 2. The summed E-state index contributed by atoms with van der Waals surface area (Å²) in [7, 11) is 0. The Labute approximate surface area is 217 Å². The first-order valence-electron chi connectivity index (χ1n) is 11.2. The molecule has 3 fully saturated rings. The van der Waals surface area contributed by atoms with Gasteiger partial charge in [-0.1, -0.05) is 28.1 Å². The molecule has 34 heavy (non-hydrogen) atoms. The topological polar surface area (TPSA) is 53.2 Å². The fourth-order valence-corrected chi connectivity index (χ4v) is 10.5. The van der Waals surface area contributed by atoms with Gasteiger partial charge in [0, 0.05) is 20.5 Å². The van der Waals surface area contributed by atoms with Crippen molar-refractivity contribution in [1.82, 2.24) is 4.98 Å². The van der Waals surface area contributed by atoms with Gasteiger partial charge in [0.1, 0.15) is 5.82 Å². The number of nitrogens with one attached hydrogen (secondary N) is 1. The third-order valence-corrected chi connectivity index (χ3v) is 11.5. The number of fused-ring (bicyclic) bond motifs is 9. The number of carbonyl (C=O) groups is 2. The molecule has 2 bridgehead atoms. The van der Waals surface area contributed by atoms with Crippen LogP contribution in [0.4, 0.5) is 10.1 Å². The van der Waals surface area contributed by atoms with Crippen LogP contribution in [-0.2, 0) is 9.59 Å². The highest BCUT2D eigenvalue weighted by Gasteiger charge is 2.69. The third-order valence-electron chi connectivity index (χ3n) is 8.04. The third kappa shape index (κ3) is 2.90. The largest absolute Gasteiger partial charge is 0.332 e. The minimum absolute atomic E-state index is 0.125. The van der Waals surface area contributed by atoms with E-state index in [4.69, 9.17) is 12.2 Å². The van der Waals surface area contributed by atoms with Gasteiger partial charge in [0.05, 0.1) is 22.5 Å². The molecule has 2 saturated carbocycles. The van der Waals surface area contributed by atoms with E-state index in [2.05, 4.69) is 45.2 Å². The second-order valence-electron chi connectivity index (χ2n) is 9.50. The van der Waals surface area contributed by atoms with E-state index in [1.807, 2.05) is 11.8 Å². The number of H-pyrrole nitrogens is 1. The molecule has 1 N–H and O–H groups in total. The van der Waals surface area contributed by atoms with Crippen LogP contribution in [0, 0.1) is 39.4 Å². The minimum Gasteiger partial charge on any atom is -0.332 e. The Bertz CT molecular complexity index is 1400. The van der Waals surface area contributed by atoms with Gasteiger partial charge in [-0.2, -0.15) is 0 Å². The van der Waals surface area contributed by atoms with Crippen LogP contribution in [0.5, 0.6) is 0 Å². The van der Waals surface area contributed by atoms with Crippen LogP contribution in [0.25, 0.3) is 0 Å². The van der Waals surface area contributed by atoms with Gasteiger partial charge in [-0.15, -0.1) is 23.1 Å². The molecule has 7 atom stereocenters. The van der Waals surface area contributed by atoms with Crippen LogP contribution in [0.1, 0.15) is 22.8 Å². The number of benzene rings is 2. The van der Waals surface area contributed by atoms with Gasteiger partial charge in [0.15, 0.2) is 3.95 Å². The molecule has 0 spiro atoms. The molecule has 172 valence electrons. The van der Waals surface area contributed by atoms with Crippen molar-refractivity contribution in [2.45, 2.75) is 22.6 Å². The number of amides is 2. The number of anilines is 1. The van der Waals surface area contributed by atoms with Crippen molar-refractivity contribution >= 4 is 68.7 Å². The number of thioether (sulfide) groups is 1. The Morgan fingerprint density at radius 3 is 2.38 bits per heavy atom. The summed E-state index contributed by atoms with van der Waals surface area (Å²) in [5.74, 6) is -0.571. The normalized spacial score (nSPS) is 33.2. The summed E-state index contributed by atoms with van der Waals surface area (Å²) < 4.78 is 15.3. The van der Waals surface area contributed by atoms with Crippen LogP contribution in [-0.4, -0.2) is 22.0 Å². The molecule has 1 aromatic heterocycles. The lowest BCUT2D eigenvalue weighted by Crippen LogP contribution is -2.42. The van der Waals surface area contributed by atoms with Crippen molar-refractivity contribution in [1.29, 1.82) is 0 Å². The lowest BCUT2D eigenvalue weighted by molar-refractivity contribution is -0.123. The van der Waals surface area contributed by atoms with Gasteiger partial charge in [-0.25, -0.2) is 4.39 Å². The van der Waals surface area contributed by atoms with E-state index in [9.17, 15) is 14.0 Å². The molecule has 7 unspecified atom stereocenters. The van der Waals surface area contributed by atoms with Crippen molar-refractivity contribution < 1.29 is 14.0 Å². The van der Waals surface area contributed by atoms with Crippen molar-refractivity contribution in [3.63, 3.8) is 0 Å². The quantitative estimate of drug-likeness (QED) is 0.286. The SMILES string of the molecule is O=C1C2C3CC(C2C(=O)N1c1ccc(F)cc1)C1C(c2ccc(Br)cc2)c2sc(=S)[nH]c2SC31. The van der Waals surface area contributed by atoms with Gasteiger partial charge >= 0.3 is 0 Å². The molecule has 4 nitrogen and oxygen atoms in total. The number of halogens is 2. The zero-order valence-electron chi connectivity index (χ0n) is 17.6. The molecular formula is C25H18BrFN2O2S3. The second kappa shape index (κ2) is 7.59. The predicted octanol–water partition coefficient (Wildman–Crippen LogP) is 6.39. The van der Waals surface area contributed by atoms with Gasteiger partial charge in [0.25, 0.3) is 0 Å². The number of aromatic nitrogens is 1. The maximum Gasteiger partial charge on any atom is 0.238 e. The zero-order chi connectivity index (χ0) is 23.3. The maximum atomic E-state index is 13.7. The molecule has 3 heterocycles. The number of hydrogen-bond acceptors (Lipinski definition) is 5. The molecule has 4 aliphatic rings. The fraction of sp³-hybridized carbons (Fsp3) is 0.320. The first-order chi connectivity index (χ1) is 16.4. The summed E-state index contributed by atoms with van der Waals surface area (Å²) in [5, 5.41) is 1.36. The second-order valence-corrected chi connectivity index (χ2v) is 13.3. The number of thiazole rings is 1. The summed E-state index contributed by atoms with van der Waals surface area (Å²) in [6.45, 7) is 0. The fourth-order valence-electron chi connectivity index (χ4n) is 6.90. The van der Waals surface area contributed by atoms with Gasteiger partial charge in [0.2, 0.25) is 11.8 Å². The molecule has 3 aromatic rings. The average molecular weight is 574 g/mol. The molecule has 2 amide bonds. The van der Waals surface area contributed by atoms with Crippen molar-refractivity contribution in [2.24, 2.45) is 29.6 Å². The standard InChI is InChI=1S/C25H18BrFN2O2S3/c26-11-3-1-10(2-4-11)16-17-14-9-15(20(17)33-22-21(16)34-25(32)28-22)19-18(14)23(30)29(24(19)31)13-7-5-12(27)6-8-13/h1-8,14-20H,9H2,(H,28,32). The number of nitrogens with zero attached hydrogens (tertiary/aromatic N) is 1. The summed E-state index contributed by atoms with van der Waals surface area (Å²) in [6, 6.07) is 14.1. The lowest BCUT2D eigenvalue weighted by Gasteiger charge is -2.43. The van der Waals surface area contributed by atoms with Crippen LogP contribution >= 0.6 is 51.2 Å². The van der Waals surface area contributed by atoms with E-state index in [0.29, 0.717) is 5.69 Å². The van der Waals surface area contributed by atoms with E-state index in [0.717, 1.165) is 19.9 Å². The lowest BCUT2D eigenvalue weighted by atomic mass is 9.68. The zero-order valence-corrected chi connectivity index (χ0v) is 21.6. The van der Waals surface area contributed by atoms with Crippen LogP contribution < -0.4 is 4.90 Å². The van der Waals surface area contributed by atoms with E-state index >= 15 is 0 Å². The predicted molar refractivity (Wildman–Crippen MR) is 136 cm³/mol. The number of aromatic amines is 1. The van der Waals surface area contributed by atoms with Crippen molar-refractivity contribution in [3.8, 4) is 0 Å². The maximum absolute atomic E-state index is 13.7. The molecule has 7 rings (SSSR count). The van der Waals surface area contributed by atoms with E-state index in [1.165, 1.54) is 39.6 Å². The summed E-state index contributed by atoms with van der Waals surface area (Å²) in [5.41, 5.74) is 1.69. The van der Waals surface area contributed by atoms with Crippen LogP contribution in [0.2, 0.25) is 0 Å². The number of carbonyl (C=O) groups excluding carboxylic acids is 2. The highest BCUT2D eigenvalue weighted by Crippen LogP contribution is 2.69. The summed E-state index contributed by atoms with van der Waals surface area (Å²) in [6.07, 6.45) is 0.898. The molecule has 1 saturated heterocycles. The Balaban J connectivity index is 1.32. The minimum atomic E-state index is -0.383. The molecule has 2 aliphatic heterocycles. The molecular weight excluding hydrogens is 555 g/mol. The Morgan fingerprint density at radius 2 is 1.68 bits per heavy atom. The summed E-state index contributed by atoms with van der Waals surface area (Å²) >= 11 is 12.5.